The van der Waals surface area contributed by atoms with Crippen LogP contribution < -0.4 is 25.6 Å². The molecule has 50 heavy (non-hydrogen) atoms. The summed E-state index contributed by atoms with van der Waals surface area (Å²) in [7, 11) is -2.29. The molecule has 1 atom stereocenters. The van der Waals surface area contributed by atoms with Crippen LogP contribution in [0.15, 0.2) is 78.1 Å². The van der Waals surface area contributed by atoms with Crippen LogP contribution in [0.3, 0.4) is 0 Å². The van der Waals surface area contributed by atoms with Crippen LogP contribution in [0.4, 0.5) is 11.5 Å². The number of nitrogens with zero attached hydrogens (tertiary/aromatic N) is 6. The quantitative estimate of drug-likeness (QED) is 0.176. The first-order valence-corrected chi connectivity index (χ1v) is 17.1. The van der Waals surface area contributed by atoms with Crippen LogP contribution in [-0.2, 0) is 17.3 Å². The number of fused-ring (bicyclic) bond motifs is 1. The van der Waals surface area contributed by atoms with E-state index in [4.69, 9.17) is 0 Å². The molecule has 1 saturated carbocycles. The standard InChI is InChI=1S/C34H28N10O5S/c1-19(37-33(46)28-30(39-43-16-6-15-35-31(28)43)41-50(48,49)40-22-12-13-22)29-27-26-24(38-32(27)45)14-11-21(10-9-20-17-36-42(2)18-20)25(26)34(47)44(29)23-7-4-3-5-8-23/h3-8,11,14-19,22,40H,12-13H2,1-2H3,(H,37,46)(H,38,45)(H,39,41). The van der Waals surface area contributed by atoms with Gasteiger partial charge in [-0.15, -0.1) is 5.10 Å². The number of hydrogen-bond donors (Lipinski definition) is 4. The second kappa shape index (κ2) is 11.7. The number of carbonyl (C=O) groups is 2. The van der Waals surface area contributed by atoms with E-state index in [9.17, 15) is 22.8 Å². The third kappa shape index (κ3) is 5.44. The Labute approximate surface area is 284 Å². The lowest BCUT2D eigenvalue weighted by Crippen LogP contribution is -2.35. The number of aromatic nitrogens is 6. The third-order valence-corrected chi connectivity index (χ3v) is 9.52. The maximum atomic E-state index is 14.6. The Morgan fingerprint density at radius 2 is 1.86 bits per heavy atom. The van der Waals surface area contributed by atoms with Gasteiger partial charge in [-0.2, -0.15) is 18.2 Å². The Kier molecular flexibility index (Phi) is 7.24. The third-order valence-electron chi connectivity index (χ3n) is 8.42. The van der Waals surface area contributed by atoms with Gasteiger partial charge in [0.2, 0.25) is 0 Å². The van der Waals surface area contributed by atoms with Gasteiger partial charge in [-0.1, -0.05) is 30.0 Å². The number of rotatable bonds is 8. The maximum Gasteiger partial charge on any atom is 0.300 e. The summed E-state index contributed by atoms with van der Waals surface area (Å²) in [5.41, 5.74) is 1.90. The minimum atomic E-state index is -4.06. The molecule has 2 amide bonds. The zero-order chi connectivity index (χ0) is 34.7. The molecule has 2 aliphatic rings. The summed E-state index contributed by atoms with van der Waals surface area (Å²) >= 11 is 0. The molecule has 0 bridgehead atoms. The van der Waals surface area contributed by atoms with Gasteiger partial charge in [0.25, 0.3) is 17.4 Å². The van der Waals surface area contributed by atoms with Crippen molar-refractivity contribution in [3.8, 4) is 17.5 Å². The highest BCUT2D eigenvalue weighted by molar-refractivity contribution is 7.90. The van der Waals surface area contributed by atoms with Crippen molar-refractivity contribution >= 4 is 49.9 Å². The van der Waals surface area contributed by atoms with E-state index in [-0.39, 0.29) is 39.7 Å². The molecule has 0 radical (unpaired) electrons. The lowest BCUT2D eigenvalue weighted by molar-refractivity contribution is 0.0937. The monoisotopic (exact) mass is 688 g/mol. The van der Waals surface area contributed by atoms with Gasteiger partial charge in [-0.3, -0.25) is 28.4 Å². The van der Waals surface area contributed by atoms with E-state index in [0.717, 1.165) is 0 Å². The van der Waals surface area contributed by atoms with Crippen LogP contribution in [0.5, 0.6) is 0 Å². The molecule has 250 valence electrons. The minimum Gasteiger partial charge on any atom is -0.344 e. The number of nitrogens with one attached hydrogen (secondary N) is 4. The van der Waals surface area contributed by atoms with Gasteiger partial charge in [0.05, 0.1) is 40.1 Å². The van der Waals surface area contributed by atoms with Gasteiger partial charge in [-0.25, -0.2) is 9.50 Å². The topological polar surface area (TPSA) is 186 Å². The number of benzene rings is 2. The molecule has 6 aromatic rings. The molecule has 4 aromatic heterocycles. The van der Waals surface area contributed by atoms with Gasteiger partial charge >= 0.3 is 10.2 Å². The van der Waals surface area contributed by atoms with E-state index in [1.165, 1.54) is 21.5 Å². The summed E-state index contributed by atoms with van der Waals surface area (Å²) in [5.74, 6) is 4.71. The Hall–Kier alpha value is -6.31. The zero-order valence-electron chi connectivity index (χ0n) is 26.6. The molecule has 1 unspecified atom stereocenters. The molecule has 5 heterocycles. The Balaban J connectivity index is 1.27. The number of hydrogen-bond acceptors (Lipinski definition) is 8. The number of anilines is 2. The molecule has 4 N–H and O–H groups in total. The predicted molar refractivity (Wildman–Crippen MR) is 184 cm³/mol. The molecule has 1 fully saturated rings. The van der Waals surface area contributed by atoms with Crippen molar-refractivity contribution in [2.24, 2.45) is 7.05 Å². The van der Waals surface area contributed by atoms with Crippen LogP contribution in [-0.4, -0.2) is 55.2 Å². The van der Waals surface area contributed by atoms with Crippen LogP contribution in [0, 0.1) is 11.8 Å². The highest BCUT2D eigenvalue weighted by atomic mass is 32.2. The fourth-order valence-electron chi connectivity index (χ4n) is 6.12. The predicted octanol–water partition coefficient (Wildman–Crippen LogP) is 2.63. The molecule has 8 rings (SSSR count). The molecule has 2 aromatic carbocycles. The van der Waals surface area contributed by atoms with E-state index in [0.29, 0.717) is 40.7 Å². The lowest BCUT2D eigenvalue weighted by Gasteiger charge is -2.23. The van der Waals surface area contributed by atoms with E-state index in [1.807, 2.05) is 0 Å². The van der Waals surface area contributed by atoms with Gasteiger partial charge in [0.15, 0.2) is 11.5 Å². The van der Waals surface area contributed by atoms with Crippen LogP contribution in [0.25, 0.3) is 22.1 Å². The van der Waals surface area contributed by atoms with Gasteiger partial charge in [-0.05, 0) is 50.1 Å². The molecule has 1 aliphatic carbocycles. The summed E-state index contributed by atoms with van der Waals surface area (Å²) in [5, 5.41) is 14.8. The second-order valence-corrected chi connectivity index (χ2v) is 13.5. The Morgan fingerprint density at radius 1 is 1.06 bits per heavy atom. The number of aryl methyl sites for hydroxylation is 1. The van der Waals surface area contributed by atoms with Crippen molar-refractivity contribution in [2.75, 3.05) is 10.0 Å². The fraction of sp³-hybridized carbons (Fsp3) is 0.176. The van der Waals surface area contributed by atoms with Crippen molar-refractivity contribution < 1.29 is 18.0 Å². The average Bonchev–Trinajstić information content (AvgIpc) is 3.51. The van der Waals surface area contributed by atoms with E-state index >= 15 is 0 Å². The van der Waals surface area contributed by atoms with Crippen molar-refractivity contribution in [1.82, 2.24) is 39.0 Å². The SMILES string of the molecule is CC(NC(=O)c1c(NS(=O)(=O)NC2CC2)nn2cccnc12)c1c2c3c(ccc(C#Cc4cnn(C)c4)c3c(=O)n1-c1ccccc1)NC2=O. The fourth-order valence-corrected chi connectivity index (χ4v) is 7.25. The van der Waals surface area contributed by atoms with E-state index in [2.05, 4.69) is 47.1 Å². The summed E-state index contributed by atoms with van der Waals surface area (Å²) in [6, 6.07) is 12.6. The van der Waals surface area contributed by atoms with Crippen molar-refractivity contribution in [3.05, 3.63) is 112 Å². The van der Waals surface area contributed by atoms with Gasteiger partial charge < -0.3 is 10.6 Å². The second-order valence-electron chi connectivity index (χ2n) is 12.1. The molecule has 0 spiro atoms. The Bertz CT molecular complexity index is 2630. The van der Waals surface area contributed by atoms with E-state index in [1.54, 1.807) is 79.6 Å². The van der Waals surface area contributed by atoms with Crippen LogP contribution in [0.1, 0.15) is 63.3 Å². The largest absolute Gasteiger partial charge is 0.344 e. The molecule has 16 heteroatoms. The van der Waals surface area contributed by atoms with Crippen LogP contribution in [0.2, 0.25) is 0 Å². The number of pyridine rings is 1. The number of para-hydroxylation sites is 1. The maximum absolute atomic E-state index is 14.6. The van der Waals surface area contributed by atoms with E-state index < -0.39 is 33.6 Å². The molecule has 0 saturated heterocycles. The Morgan fingerprint density at radius 3 is 2.60 bits per heavy atom. The van der Waals surface area contributed by atoms with Crippen molar-refractivity contribution in [1.29, 1.82) is 0 Å². The van der Waals surface area contributed by atoms with Gasteiger partial charge in [0.1, 0.15) is 5.56 Å². The summed E-state index contributed by atoms with van der Waals surface area (Å²) < 4.78 is 34.9. The number of carbonyl (C=O) groups excluding carboxylic acids is 2. The first kappa shape index (κ1) is 31.0. The molecule has 15 nitrogen and oxygen atoms in total. The molecular formula is C34H28N10O5S. The zero-order valence-corrected chi connectivity index (χ0v) is 27.4. The minimum absolute atomic E-state index is 0.0988. The summed E-state index contributed by atoms with van der Waals surface area (Å²) in [6.07, 6.45) is 7.78. The lowest BCUT2D eigenvalue weighted by atomic mass is 9.97. The average molecular weight is 689 g/mol. The van der Waals surface area contributed by atoms with Gasteiger partial charge in [0, 0.05) is 48.3 Å². The van der Waals surface area contributed by atoms with Crippen molar-refractivity contribution in [2.45, 2.75) is 31.8 Å². The van der Waals surface area contributed by atoms with Crippen molar-refractivity contribution in [3.63, 3.8) is 0 Å². The molecule has 1 aliphatic heterocycles. The highest BCUT2D eigenvalue weighted by Crippen LogP contribution is 2.38. The normalized spacial score (nSPS) is 14.3. The first-order valence-electron chi connectivity index (χ1n) is 15.7. The first-order chi connectivity index (χ1) is 24.1. The summed E-state index contributed by atoms with van der Waals surface area (Å²) in [4.78, 5) is 46.8. The molecular weight excluding hydrogens is 661 g/mol. The smallest absolute Gasteiger partial charge is 0.300 e. The highest BCUT2D eigenvalue weighted by Gasteiger charge is 2.35. The number of amides is 2. The van der Waals surface area contributed by atoms with Crippen LogP contribution >= 0.6 is 0 Å². The summed E-state index contributed by atoms with van der Waals surface area (Å²) in [6.45, 7) is 1.64.